The van der Waals surface area contributed by atoms with Gasteiger partial charge in [0.15, 0.2) is 6.61 Å². The molecule has 2 fully saturated rings. The molecule has 2 saturated heterocycles. The summed E-state index contributed by atoms with van der Waals surface area (Å²) >= 11 is 12.2. The standard InChI is InChI=1S/C19H24Cl2N2O6S/c1-13-2-4-22(5-3-13)18(24)12-29-19(25)14-10-17(16(21)11-15(14)20)30(26,27)23-6-8-28-9-7-23/h10-11,13H,2-9,12H2,1H3. The first-order chi connectivity index (χ1) is 14.2. The largest absolute Gasteiger partial charge is 0.452 e. The molecule has 0 N–H and O–H groups in total. The van der Waals surface area contributed by atoms with E-state index in [1.54, 1.807) is 4.90 Å². The van der Waals surface area contributed by atoms with Crippen LogP contribution in [0.15, 0.2) is 17.0 Å². The van der Waals surface area contributed by atoms with Crippen LogP contribution in [0.4, 0.5) is 0 Å². The van der Waals surface area contributed by atoms with E-state index in [1.807, 2.05) is 0 Å². The van der Waals surface area contributed by atoms with Crippen molar-refractivity contribution in [3.05, 3.63) is 27.7 Å². The van der Waals surface area contributed by atoms with Crippen LogP contribution in [-0.2, 0) is 24.3 Å². The van der Waals surface area contributed by atoms with Crippen LogP contribution in [-0.4, -0.2) is 75.5 Å². The van der Waals surface area contributed by atoms with Gasteiger partial charge in [-0.15, -0.1) is 0 Å². The highest BCUT2D eigenvalue weighted by Crippen LogP contribution is 2.31. The molecule has 2 aliphatic heterocycles. The van der Waals surface area contributed by atoms with Gasteiger partial charge in [-0.3, -0.25) is 4.79 Å². The number of ether oxygens (including phenoxy) is 2. The number of likely N-dealkylation sites (tertiary alicyclic amines) is 1. The highest BCUT2D eigenvalue weighted by Gasteiger charge is 2.30. The topological polar surface area (TPSA) is 93.2 Å². The molecule has 1 amide bonds. The summed E-state index contributed by atoms with van der Waals surface area (Å²) in [6.07, 6.45) is 1.82. The van der Waals surface area contributed by atoms with E-state index in [1.165, 1.54) is 10.4 Å². The Labute approximate surface area is 186 Å². The van der Waals surface area contributed by atoms with Crippen LogP contribution < -0.4 is 0 Å². The lowest BCUT2D eigenvalue weighted by Gasteiger charge is -2.30. The molecule has 0 atom stereocenters. The molecule has 30 heavy (non-hydrogen) atoms. The number of nitrogens with zero attached hydrogens (tertiary/aromatic N) is 2. The van der Waals surface area contributed by atoms with Gasteiger partial charge < -0.3 is 14.4 Å². The number of halogens is 2. The molecule has 0 bridgehead atoms. The molecule has 1 aromatic carbocycles. The number of rotatable bonds is 5. The first-order valence-corrected chi connectivity index (χ1v) is 11.9. The third-order valence-corrected chi connectivity index (χ3v) is 7.97. The lowest BCUT2D eigenvalue weighted by molar-refractivity contribution is -0.135. The van der Waals surface area contributed by atoms with E-state index in [2.05, 4.69) is 6.92 Å². The highest BCUT2D eigenvalue weighted by atomic mass is 35.5. The number of morpholine rings is 1. The van der Waals surface area contributed by atoms with Crippen molar-refractivity contribution in [1.82, 2.24) is 9.21 Å². The van der Waals surface area contributed by atoms with E-state index < -0.39 is 22.6 Å². The van der Waals surface area contributed by atoms with E-state index in [9.17, 15) is 18.0 Å². The third-order valence-electron chi connectivity index (χ3n) is 5.29. The molecule has 0 aliphatic carbocycles. The zero-order valence-corrected chi connectivity index (χ0v) is 18.9. The predicted molar refractivity (Wildman–Crippen MR) is 111 cm³/mol. The normalized spacial score (nSPS) is 19.0. The number of carbonyl (C=O) groups is 2. The van der Waals surface area contributed by atoms with E-state index in [-0.39, 0.29) is 52.7 Å². The summed E-state index contributed by atoms with van der Waals surface area (Å²) < 4.78 is 37.4. The Morgan fingerprint density at radius 1 is 1.10 bits per heavy atom. The SMILES string of the molecule is CC1CCN(C(=O)COC(=O)c2cc(S(=O)(=O)N3CCOCC3)c(Cl)cc2Cl)CC1. The highest BCUT2D eigenvalue weighted by molar-refractivity contribution is 7.89. The van der Waals surface area contributed by atoms with Crippen molar-refractivity contribution in [2.45, 2.75) is 24.7 Å². The van der Waals surface area contributed by atoms with E-state index in [4.69, 9.17) is 32.7 Å². The molecule has 0 aromatic heterocycles. The Morgan fingerprint density at radius 3 is 2.37 bits per heavy atom. The summed E-state index contributed by atoms with van der Waals surface area (Å²) in [5.74, 6) is -0.605. The number of esters is 1. The number of piperidine rings is 1. The number of sulfonamides is 1. The number of hydrogen-bond donors (Lipinski definition) is 0. The van der Waals surface area contributed by atoms with Gasteiger partial charge in [0.2, 0.25) is 10.0 Å². The van der Waals surface area contributed by atoms with E-state index in [0.717, 1.165) is 18.9 Å². The van der Waals surface area contributed by atoms with Gasteiger partial charge in [-0.1, -0.05) is 30.1 Å². The van der Waals surface area contributed by atoms with Crippen molar-refractivity contribution in [3.8, 4) is 0 Å². The second-order valence-electron chi connectivity index (χ2n) is 7.42. The van der Waals surface area contributed by atoms with Crippen molar-refractivity contribution >= 4 is 45.1 Å². The predicted octanol–water partition coefficient (Wildman–Crippen LogP) is 2.43. The maximum absolute atomic E-state index is 12.9. The van der Waals surface area contributed by atoms with Gasteiger partial charge in [-0.05, 0) is 30.9 Å². The first kappa shape index (κ1) is 23.3. The summed E-state index contributed by atoms with van der Waals surface area (Å²) in [6, 6.07) is 2.30. The van der Waals surface area contributed by atoms with Gasteiger partial charge in [0, 0.05) is 26.2 Å². The minimum Gasteiger partial charge on any atom is -0.452 e. The zero-order valence-electron chi connectivity index (χ0n) is 16.6. The van der Waals surface area contributed by atoms with Crippen molar-refractivity contribution in [1.29, 1.82) is 0 Å². The van der Waals surface area contributed by atoms with Crippen LogP contribution in [0.5, 0.6) is 0 Å². The minimum absolute atomic E-state index is 0.0508. The number of hydrogen-bond acceptors (Lipinski definition) is 6. The Balaban J connectivity index is 1.73. The van der Waals surface area contributed by atoms with Crippen molar-refractivity contribution in [2.75, 3.05) is 46.0 Å². The Hall–Kier alpha value is -1.39. The monoisotopic (exact) mass is 478 g/mol. The van der Waals surface area contributed by atoms with Gasteiger partial charge in [0.1, 0.15) is 4.90 Å². The fraction of sp³-hybridized carbons (Fsp3) is 0.579. The van der Waals surface area contributed by atoms with Gasteiger partial charge in [0.25, 0.3) is 5.91 Å². The van der Waals surface area contributed by atoms with E-state index in [0.29, 0.717) is 19.0 Å². The van der Waals surface area contributed by atoms with Gasteiger partial charge in [-0.2, -0.15) is 4.31 Å². The molecular weight excluding hydrogens is 455 g/mol. The van der Waals surface area contributed by atoms with Crippen LogP contribution in [0.3, 0.4) is 0 Å². The number of carbonyl (C=O) groups excluding carboxylic acids is 2. The molecule has 8 nitrogen and oxygen atoms in total. The second kappa shape index (κ2) is 9.82. The molecule has 0 unspecified atom stereocenters. The molecule has 3 rings (SSSR count). The fourth-order valence-corrected chi connectivity index (χ4v) is 5.60. The summed E-state index contributed by atoms with van der Waals surface area (Å²) in [5, 5.41) is -0.147. The van der Waals surface area contributed by atoms with Crippen LogP contribution in [0.25, 0.3) is 0 Å². The van der Waals surface area contributed by atoms with Crippen LogP contribution in [0, 0.1) is 5.92 Å². The zero-order chi connectivity index (χ0) is 21.9. The maximum atomic E-state index is 12.9. The summed E-state index contributed by atoms with van der Waals surface area (Å²) in [5.41, 5.74) is -0.159. The average molecular weight is 479 g/mol. The molecule has 2 heterocycles. The molecule has 1 aromatic rings. The Kier molecular flexibility index (Phi) is 7.62. The molecule has 0 spiro atoms. The quantitative estimate of drug-likeness (QED) is 0.603. The minimum atomic E-state index is -3.94. The third kappa shape index (κ3) is 5.26. The summed E-state index contributed by atoms with van der Waals surface area (Å²) in [4.78, 5) is 26.2. The van der Waals surface area contributed by atoms with Crippen molar-refractivity contribution in [2.24, 2.45) is 5.92 Å². The lowest BCUT2D eigenvalue weighted by Crippen LogP contribution is -2.41. The van der Waals surface area contributed by atoms with Crippen molar-refractivity contribution in [3.63, 3.8) is 0 Å². The molecule has 11 heteroatoms. The lowest BCUT2D eigenvalue weighted by atomic mass is 9.99. The van der Waals surface area contributed by atoms with Gasteiger partial charge in [-0.25, -0.2) is 13.2 Å². The number of benzene rings is 1. The smallest absolute Gasteiger partial charge is 0.340 e. The Bertz CT molecular complexity index is 910. The molecule has 0 radical (unpaired) electrons. The van der Waals surface area contributed by atoms with E-state index >= 15 is 0 Å². The van der Waals surface area contributed by atoms with Crippen LogP contribution >= 0.6 is 23.2 Å². The molecule has 166 valence electrons. The number of amides is 1. The first-order valence-electron chi connectivity index (χ1n) is 9.72. The summed E-state index contributed by atoms with van der Waals surface area (Å²) in [6.45, 7) is 3.87. The average Bonchev–Trinajstić information content (AvgIpc) is 2.72. The Morgan fingerprint density at radius 2 is 1.73 bits per heavy atom. The fourth-order valence-electron chi connectivity index (χ4n) is 3.36. The molecule has 0 saturated carbocycles. The maximum Gasteiger partial charge on any atom is 0.340 e. The van der Waals surface area contributed by atoms with Crippen LogP contribution in [0.1, 0.15) is 30.1 Å². The molecule has 2 aliphatic rings. The van der Waals surface area contributed by atoms with Gasteiger partial charge >= 0.3 is 5.97 Å². The summed E-state index contributed by atoms with van der Waals surface area (Å²) in [7, 11) is -3.94. The van der Waals surface area contributed by atoms with Crippen molar-refractivity contribution < 1.29 is 27.5 Å². The second-order valence-corrected chi connectivity index (χ2v) is 10.1. The van der Waals surface area contributed by atoms with Gasteiger partial charge in [0.05, 0.1) is 28.8 Å². The molecular formula is C19H24Cl2N2O6S. The van der Waals surface area contributed by atoms with Crippen LogP contribution in [0.2, 0.25) is 10.0 Å².